The van der Waals surface area contributed by atoms with Gasteiger partial charge < -0.3 is 4.74 Å². The van der Waals surface area contributed by atoms with Gasteiger partial charge in [0, 0.05) is 0 Å². The van der Waals surface area contributed by atoms with Crippen molar-refractivity contribution in [3.63, 3.8) is 0 Å². The molecule has 0 bridgehead atoms. The summed E-state index contributed by atoms with van der Waals surface area (Å²) in [5, 5.41) is 0. The van der Waals surface area contributed by atoms with Gasteiger partial charge in [-0.1, -0.05) is 49.6 Å². The van der Waals surface area contributed by atoms with Crippen molar-refractivity contribution in [1.29, 1.82) is 0 Å². The molecule has 1 rings (SSSR count). The van der Waals surface area contributed by atoms with Crippen LogP contribution in [0.1, 0.15) is 5.56 Å². The standard InChI is InChI=1S/C13H12O2/c1-3-8-12(13(14)15-4-2)11-9-6-5-7-10-11/h3-10H,1-2H2. The minimum absolute atomic E-state index is 0.434. The third-order valence-electron chi connectivity index (χ3n) is 1.78. The van der Waals surface area contributed by atoms with E-state index in [1.54, 1.807) is 12.2 Å². The van der Waals surface area contributed by atoms with E-state index in [0.717, 1.165) is 11.8 Å². The molecule has 0 N–H and O–H groups in total. The summed E-state index contributed by atoms with van der Waals surface area (Å²) in [6.45, 7) is 6.90. The molecular formula is C13H12O2. The van der Waals surface area contributed by atoms with Gasteiger partial charge in [-0.3, -0.25) is 0 Å². The predicted molar refractivity (Wildman–Crippen MR) is 60.9 cm³/mol. The highest BCUT2D eigenvalue weighted by Gasteiger charge is 2.10. The number of esters is 1. The maximum Gasteiger partial charge on any atom is 0.343 e. The van der Waals surface area contributed by atoms with Gasteiger partial charge >= 0.3 is 5.97 Å². The van der Waals surface area contributed by atoms with E-state index in [-0.39, 0.29) is 0 Å². The second kappa shape index (κ2) is 5.60. The molecule has 0 heterocycles. The van der Waals surface area contributed by atoms with E-state index in [1.807, 2.05) is 30.3 Å². The van der Waals surface area contributed by atoms with Gasteiger partial charge in [-0.05, 0) is 11.6 Å². The molecule has 2 heteroatoms. The molecule has 0 saturated heterocycles. The van der Waals surface area contributed by atoms with E-state index in [0.29, 0.717) is 5.57 Å². The van der Waals surface area contributed by atoms with Gasteiger partial charge in [0.1, 0.15) is 0 Å². The lowest BCUT2D eigenvalue weighted by Crippen LogP contribution is -2.02. The lowest BCUT2D eigenvalue weighted by molar-refractivity contribution is -0.131. The summed E-state index contributed by atoms with van der Waals surface area (Å²) in [5.41, 5.74) is 1.26. The zero-order valence-corrected chi connectivity index (χ0v) is 8.35. The maximum atomic E-state index is 11.5. The van der Waals surface area contributed by atoms with Gasteiger partial charge in [0.05, 0.1) is 11.8 Å². The largest absolute Gasteiger partial charge is 0.432 e. The highest BCUT2D eigenvalue weighted by Crippen LogP contribution is 2.15. The number of hydrogen-bond acceptors (Lipinski definition) is 2. The molecule has 0 aliphatic heterocycles. The lowest BCUT2D eigenvalue weighted by atomic mass is 10.1. The molecule has 0 atom stereocenters. The summed E-state index contributed by atoms with van der Waals surface area (Å²) >= 11 is 0. The highest BCUT2D eigenvalue weighted by molar-refractivity contribution is 6.16. The summed E-state index contributed by atoms with van der Waals surface area (Å²) in [6, 6.07) is 9.26. The van der Waals surface area contributed by atoms with Crippen molar-refractivity contribution in [1.82, 2.24) is 0 Å². The van der Waals surface area contributed by atoms with Crippen molar-refractivity contribution in [2.24, 2.45) is 0 Å². The minimum Gasteiger partial charge on any atom is -0.432 e. The smallest absolute Gasteiger partial charge is 0.343 e. The Kier molecular flexibility index (Phi) is 4.10. The Morgan fingerprint density at radius 3 is 2.40 bits per heavy atom. The molecule has 1 aromatic rings. The Hall–Kier alpha value is -2.09. The molecule has 0 aliphatic carbocycles. The molecular weight excluding hydrogens is 188 g/mol. The molecule has 0 aliphatic rings. The third-order valence-corrected chi connectivity index (χ3v) is 1.78. The van der Waals surface area contributed by atoms with Crippen molar-refractivity contribution in [2.45, 2.75) is 0 Å². The number of ether oxygens (including phenoxy) is 1. The SMILES string of the molecule is C=CC=C(C(=O)OC=C)c1ccccc1. The van der Waals surface area contributed by atoms with Crippen molar-refractivity contribution in [3.8, 4) is 0 Å². The summed E-state index contributed by atoms with van der Waals surface area (Å²) in [7, 11) is 0. The minimum atomic E-state index is -0.434. The fraction of sp³-hybridized carbons (Fsp3) is 0. The molecule has 0 unspecified atom stereocenters. The van der Waals surface area contributed by atoms with Crippen molar-refractivity contribution < 1.29 is 9.53 Å². The summed E-state index contributed by atoms with van der Waals surface area (Å²) in [5.74, 6) is -0.434. The van der Waals surface area contributed by atoms with Gasteiger partial charge in [0.15, 0.2) is 0 Å². The van der Waals surface area contributed by atoms with E-state index in [4.69, 9.17) is 4.74 Å². The lowest BCUT2D eigenvalue weighted by Gasteiger charge is -2.04. The van der Waals surface area contributed by atoms with Crippen LogP contribution in [0.15, 0.2) is 61.9 Å². The number of hydrogen-bond donors (Lipinski definition) is 0. The summed E-state index contributed by atoms with van der Waals surface area (Å²) in [4.78, 5) is 11.5. The van der Waals surface area contributed by atoms with Crippen LogP contribution in [-0.2, 0) is 9.53 Å². The fourth-order valence-corrected chi connectivity index (χ4v) is 1.16. The van der Waals surface area contributed by atoms with Crippen molar-refractivity contribution in [3.05, 3.63) is 67.5 Å². The molecule has 1 aromatic carbocycles. The Balaban J connectivity index is 3.04. The molecule has 0 amide bonds. The Bertz CT molecular complexity index is 388. The van der Waals surface area contributed by atoms with Crippen LogP contribution < -0.4 is 0 Å². The van der Waals surface area contributed by atoms with Crippen LogP contribution in [0, 0.1) is 0 Å². The zero-order valence-electron chi connectivity index (χ0n) is 8.35. The van der Waals surface area contributed by atoms with Crippen LogP contribution >= 0.6 is 0 Å². The summed E-state index contributed by atoms with van der Waals surface area (Å²) in [6.07, 6.45) is 4.27. The van der Waals surface area contributed by atoms with Gasteiger partial charge in [-0.15, -0.1) is 0 Å². The van der Waals surface area contributed by atoms with E-state index in [2.05, 4.69) is 13.2 Å². The van der Waals surface area contributed by atoms with E-state index < -0.39 is 5.97 Å². The molecule has 76 valence electrons. The number of carbonyl (C=O) groups is 1. The molecule has 0 aromatic heterocycles. The average Bonchev–Trinajstić information content (AvgIpc) is 2.27. The normalized spacial score (nSPS) is 10.5. The second-order valence-electron chi connectivity index (χ2n) is 2.75. The third kappa shape index (κ3) is 2.95. The molecule has 0 saturated carbocycles. The van der Waals surface area contributed by atoms with Gasteiger partial charge in [0.25, 0.3) is 0 Å². The quantitative estimate of drug-likeness (QED) is 0.323. The van der Waals surface area contributed by atoms with Crippen molar-refractivity contribution >= 4 is 11.5 Å². The van der Waals surface area contributed by atoms with Crippen molar-refractivity contribution in [2.75, 3.05) is 0 Å². The molecule has 2 nitrogen and oxygen atoms in total. The fourth-order valence-electron chi connectivity index (χ4n) is 1.16. The molecule has 15 heavy (non-hydrogen) atoms. The first-order valence-electron chi connectivity index (χ1n) is 4.49. The van der Waals surface area contributed by atoms with Crippen LogP contribution in [0.25, 0.3) is 5.57 Å². The zero-order chi connectivity index (χ0) is 11.1. The van der Waals surface area contributed by atoms with Crippen LogP contribution in [-0.4, -0.2) is 5.97 Å². The maximum absolute atomic E-state index is 11.5. The van der Waals surface area contributed by atoms with Crippen LogP contribution in [0.5, 0.6) is 0 Å². The number of allylic oxidation sites excluding steroid dienone is 2. The molecule has 0 fully saturated rings. The van der Waals surface area contributed by atoms with E-state index in [9.17, 15) is 4.79 Å². The van der Waals surface area contributed by atoms with E-state index in [1.165, 1.54) is 0 Å². The summed E-state index contributed by atoms with van der Waals surface area (Å²) < 4.78 is 4.72. The number of rotatable bonds is 4. The first kappa shape index (κ1) is 11.0. The molecule has 0 radical (unpaired) electrons. The van der Waals surface area contributed by atoms with Gasteiger partial charge in [-0.2, -0.15) is 0 Å². The average molecular weight is 200 g/mol. The monoisotopic (exact) mass is 200 g/mol. The van der Waals surface area contributed by atoms with Gasteiger partial charge in [0.2, 0.25) is 0 Å². The highest BCUT2D eigenvalue weighted by atomic mass is 16.5. The van der Waals surface area contributed by atoms with Gasteiger partial charge in [-0.25, -0.2) is 4.79 Å². The van der Waals surface area contributed by atoms with Crippen LogP contribution in [0.2, 0.25) is 0 Å². The number of carbonyl (C=O) groups excluding carboxylic acids is 1. The first-order chi connectivity index (χ1) is 7.29. The Morgan fingerprint density at radius 2 is 1.87 bits per heavy atom. The molecule has 0 spiro atoms. The Morgan fingerprint density at radius 1 is 1.20 bits per heavy atom. The second-order valence-corrected chi connectivity index (χ2v) is 2.75. The predicted octanol–water partition coefficient (Wildman–Crippen LogP) is 2.94. The van der Waals surface area contributed by atoms with Crippen LogP contribution in [0.3, 0.4) is 0 Å². The Labute approximate surface area is 89.2 Å². The first-order valence-corrected chi connectivity index (χ1v) is 4.49. The number of benzene rings is 1. The van der Waals surface area contributed by atoms with E-state index >= 15 is 0 Å². The topological polar surface area (TPSA) is 26.3 Å². The van der Waals surface area contributed by atoms with Crippen LogP contribution in [0.4, 0.5) is 0 Å².